The smallest absolute Gasteiger partial charge is 0.396 e. The molecule has 36 heavy (non-hydrogen) atoms. The van der Waals surface area contributed by atoms with Crippen LogP contribution in [0.2, 0.25) is 5.28 Å². The first-order valence-electron chi connectivity index (χ1n) is 11.3. The Bertz CT molecular complexity index is 1260. The lowest BCUT2D eigenvalue weighted by molar-refractivity contribution is 0.0745. The average molecular weight is 532 g/mol. The average Bonchev–Trinajstić information content (AvgIpc) is 3.31. The topological polar surface area (TPSA) is 121 Å². The number of aliphatic hydroxyl groups is 1. The molecule has 0 bridgehead atoms. The molecule has 12 heteroatoms. The Kier molecular flexibility index (Phi) is 9.03. The summed E-state index contributed by atoms with van der Waals surface area (Å²) in [5.41, 5.74) is 2.69. The zero-order valence-corrected chi connectivity index (χ0v) is 21.3. The van der Waals surface area contributed by atoms with Crippen LogP contribution in [0.25, 0.3) is 11.2 Å². The van der Waals surface area contributed by atoms with Crippen molar-refractivity contribution in [2.24, 2.45) is 5.92 Å². The second-order valence-electron chi connectivity index (χ2n) is 7.97. The number of anilines is 1. The monoisotopic (exact) mass is 531 g/mol. The van der Waals surface area contributed by atoms with Crippen molar-refractivity contribution in [2.75, 3.05) is 25.6 Å². The van der Waals surface area contributed by atoms with Crippen LogP contribution in [0.15, 0.2) is 67.0 Å². The Balaban J connectivity index is 1.46. The maximum atomic E-state index is 13.5. The summed E-state index contributed by atoms with van der Waals surface area (Å²) >= 11 is 6.05. The van der Waals surface area contributed by atoms with Gasteiger partial charge in [-0.15, -0.1) is 0 Å². The highest BCUT2D eigenvalue weighted by Gasteiger charge is 2.29. The molecule has 0 spiro atoms. The van der Waals surface area contributed by atoms with Crippen LogP contribution in [0.1, 0.15) is 11.1 Å². The molecule has 0 radical (unpaired) electrons. The third-order valence-electron chi connectivity index (χ3n) is 5.32. The lowest BCUT2D eigenvalue weighted by Crippen LogP contribution is -2.20. The highest BCUT2D eigenvalue weighted by Crippen LogP contribution is 2.51. The van der Waals surface area contributed by atoms with Gasteiger partial charge in [-0.25, -0.2) is 9.55 Å². The number of phosphoric acid groups is 1. The van der Waals surface area contributed by atoms with E-state index in [4.69, 9.17) is 25.2 Å². The number of phosphoric ester groups is 1. The molecule has 2 N–H and O–H groups in total. The molecule has 0 fully saturated rings. The van der Waals surface area contributed by atoms with E-state index in [-0.39, 0.29) is 38.3 Å². The van der Waals surface area contributed by atoms with Gasteiger partial charge in [0, 0.05) is 26.1 Å². The van der Waals surface area contributed by atoms with E-state index in [0.29, 0.717) is 17.0 Å². The number of hydrogen-bond acceptors (Lipinski definition) is 9. The number of fused-ring (bicyclic) bond motifs is 1. The predicted octanol–water partition coefficient (Wildman–Crippen LogP) is 4.69. The van der Waals surface area contributed by atoms with E-state index < -0.39 is 13.7 Å². The van der Waals surface area contributed by atoms with Crippen LogP contribution in [0.3, 0.4) is 0 Å². The van der Waals surface area contributed by atoms with Crippen LogP contribution in [0.5, 0.6) is 0 Å². The number of imidazole rings is 1. The molecule has 0 saturated heterocycles. The van der Waals surface area contributed by atoms with Gasteiger partial charge in [0.05, 0.1) is 26.1 Å². The Hall–Kier alpha value is -2.85. The fraction of sp³-hybridized carbons (Fsp3) is 0.292. The molecule has 2 heterocycles. The Morgan fingerprint density at radius 3 is 2.17 bits per heavy atom. The first-order valence-corrected chi connectivity index (χ1v) is 13.1. The third-order valence-corrected chi connectivity index (χ3v) is 6.84. The van der Waals surface area contributed by atoms with Gasteiger partial charge in [0.15, 0.2) is 17.0 Å². The minimum absolute atomic E-state index is 0.0467. The zero-order valence-electron chi connectivity index (χ0n) is 19.7. The van der Waals surface area contributed by atoms with Gasteiger partial charge >= 0.3 is 7.82 Å². The summed E-state index contributed by atoms with van der Waals surface area (Å²) in [6, 6.07) is 18.6. The van der Waals surface area contributed by atoms with Crippen LogP contribution in [0.4, 0.5) is 5.82 Å². The predicted molar refractivity (Wildman–Crippen MR) is 136 cm³/mol. The van der Waals surface area contributed by atoms with Crippen molar-refractivity contribution in [1.29, 1.82) is 0 Å². The molecule has 4 aromatic rings. The van der Waals surface area contributed by atoms with E-state index in [2.05, 4.69) is 20.3 Å². The number of aliphatic hydroxyl groups excluding tert-OH is 1. The highest BCUT2D eigenvalue weighted by atomic mass is 35.5. The summed E-state index contributed by atoms with van der Waals surface area (Å²) in [7, 11) is -2.26. The zero-order chi connectivity index (χ0) is 25.4. The second-order valence-corrected chi connectivity index (χ2v) is 9.98. The van der Waals surface area contributed by atoms with Crippen molar-refractivity contribution in [1.82, 2.24) is 19.5 Å². The number of nitrogens with zero attached hydrogens (tertiary/aromatic N) is 4. The summed E-state index contributed by atoms with van der Waals surface area (Å²) in [6.07, 6.45) is 1.58. The maximum absolute atomic E-state index is 13.5. The van der Waals surface area contributed by atoms with E-state index in [1.54, 1.807) is 17.9 Å². The minimum atomic E-state index is -3.97. The molecule has 10 nitrogen and oxygen atoms in total. The van der Waals surface area contributed by atoms with Crippen LogP contribution in [-0.2, 0) is 37.9 Å². The van der Waals surface area contributed by atoms with Gasteiger partial charge in [0.1, 0.15) is 0 Å². The molecule has 190 valence electrons. The lowest BCUT2D eigenvalue weighted by atomic mass is 10.2. The normalized spacial score (nSPS) is 12.6. The number of benzene rings is 2. The van der Waals surface area contributed by atoms with Gasteiger partial charge in [0.25, 0.3) is 0 Å². The highest BCUT2D eigenvalue weighted by molar-refractivity contribution is 7.48. The number of rotatable bonds is 13. The fourth-order valence-corrected chi connectivity index (χ4v) is 4.83. The van der Waals surface area contributed by atoms with Crippen LogP contribution in [0, 0.1) is 5.92 Å². The molecule has 1 unspecified atom stereocenters. The Labute approximate surface area is 213 Å². The van der Waals surface area contributed by atoms with Crippen molar-refractivity contribution < 1.29 is 23.2 Å². The summed E-state index contributed by atoms with van der Waals surface area (Å²) in [5.74, 6) is 0.0387. The minimum Gasteiger partial charge on any atom is -0.396 e. The van der Waals surface area contributed by atoms with Crippen LogP contribution in [-0.4, -0.2) is 44.9 Å². The van der Waals surface area contributed by atoms with Crippen molar-refractivity contribution >= 4 is 36.4 Å². The number of hydrogen-bond donors (Lipinski definition) is 2. The number of aromatic nitrogens is 4. The fourth-order valence-electron chi connectivity index (χ4n) is 3.43. The molecule has 2 aromatic carbocycles. The molecule has 0 aliphatic rings. The van der Waals surface area contributed by atoms with E-state index >= 15 is 0 Å². The molecule has 4 rings (SSSR count). The third kappa shape index (κ3) is 6.88. The Morgan fingerprint density at radius 1 is 1.00 bits per heavy atom. The van der Waals surface area contributed by atoms with Crippen molar-refractivity contribution in [3.63, 3.8) is 0 Å². The van der Waals surface area contributed by atoms with Crippen molar-refractivity contribution in [3.05, 3.63) is 83.4 Å². The van der Waals surface area contributed by atoms with E-state index in [0.717, 1.165) is 11.1 Å². The van der Waals surface area contributed by atoms with Crippen LogP contribution >= 0.6 is 19.4 Å². The quantitative estimate of drug-likeness (QED) is 0.187. The van der Waals surface area contributed by atoms with Gasteiger partial charge in [-0.2, -0.15) is 9.97 Å². The van der Waals surface area contributed by atoms with E-state index in [1.165, 1.54) is 0 Å². The second kappa shape index (κ2) is 12.4. The van der Waals surface area contributed by atoms with E-state index in [1.807, 2.05) is 60.7 Å². The van der Waals surface area contributed by atoms with Gasteiger partial charge in [0.2, 0.25) is 5.28 Å². The van der Waals surface area contributed by atoms with E-state index in [9.17, 15) is 9.67 Å². The number of nitrogens with one attached hydrogen (secondary N) is 1. The molecule has 0 saturated carbocycles. The largest absolute Gasteiger partial charge is 0.475 e. The molecular formula is C24H27ClN5O5P. The molecule has 1 atom stereocenters. The van der Waals surface area contributed by atoms with Gasteiger partial charge < -0.3 is 15.0 Å². The summed E-state index contributed by atoms with van der Waals surface area (Å²) < 4.78 is 32.2. The number of halogens is 1. The first-order chi connectivity index (χ1) is 17.5. The summed E-state index contributed by atoms with van der Waals surface area (Å²) in [4.78, 5) is 12.7. The molecule has 0 aliphatic carbocycles. The molecule has 0 aliphatic heterocycles. The Morgan fingerprint density at radius 2 is 1.61 bits per heavy atom. The summed E-state index contributed by atoms with van der Waals surface area (Å²) in [5, 5.41) is 13.0. The molecular weight excluding hydrogens is 505 g/mol. The van der Waals surface area contributed by atoms with Crippen molar-refractivity contribution in [3.8, 4) is 0 Å². The summed E-state index contributed by atoms with van der Waals surface area (Å²) in [6.45, 7) is 0.0421. The SMILES string of the molecule is CNc1nc(Cl)nc2c1ncn2CC(CO)COP(=O)(OCc1ccccc1)OCc1ccccc1. The lowest BCUT2D eigenvalue weighted by Gasteiger charge is -2.21. The molecule has 0 amide bonds. The van der Waals surface area contributed by atoms with Gasteiger partial charge in [-0.1, -0.05) is 60.7 Å². The van der Waals surface area contributed by atoms with Gasteiger partial charge in [-0.3, -0.25) is 13.6 Å². The van der Waals surface area contributed by atoms with Crippen LogP contribution < -0.4 is 5.32 Å². The standard InChI is InChI=1S/C24H27ClN5O5P/c1-26-22-21-23(29-24(25)28-22)30(17-27-21)12-20(13-31)16-35-36(32,33-14-18-8-4-2-5-9-18)34-15-19-10-6-3-7-11-19/h2-11,17,20,31H,12-16H2,1H3,(H,26,28,29). The first kappa shape index (κ1) is 26.2. The van der Waals surface area contributed by atoms with Gasteiger partial charge in [-0.05, 0) is 22.7 Å². The maximum Gasteiger partial charge on any atom is 0.475 e. The van der Waals surface area contributed by atoms with Crippen molar-refractivity contribution in [2.45, 2.75) is 19.8 Å². The molecule has 2 aromatic heterocycles.